The molecular weight excluding hydrogens is 331 g/mol. The zero-order valence-corrected chi connectivity index (χ0v) is 14.0. The van der Waals surface area contributed by atoms with Gasteiger partial charge in [0.15, 0.2) is 0 Å². The standard InChI is InChI=1S/C15H13Cl3N2O/c1-7-4-8(2)13(9(3)5-7)20-15(21)14-12(18)11(17)10(16)6-19-14/h4-6H,1-3H3,(H,20,21). The maximum atomic E-state index is 12.3. The Morgan fingerprint density at radius 3 is 2.19 bits per heavy atom. The van der Waals surface area contributed by atoms with E-state index in [4.69, 9.17) is 34.8 Å². The fourth-order valence-electron chi connectivity index (χ4n) is 2.15. The average Bonchev–Trinajstić information content (AvgIpc) is 2.40. The molecule has 1 aromatic heterocycles. The van der Waals surface area contributed by atoms with Crippen LogP contribution in [0.3, 0.4) is 0 Å². The van der Waals surface area contributed by atoms with Gasteiger partial charge in [0.1, 0.15) is 5.69 Å². The van der Waals surface area contributed by atoms with E-state index < -0.39 is 5.91 Å². The highest BCUT2D eigenvalue weighted by atomic mass is 35.5. The molecule has 0 saturated heterocycles. The molecule has 0 spiro atoms. The van der Waals surface area contributed by atoms with Crippen molar-refractivity contribution < 1.29 is 4.79 Å². The van der Waals surface area contributed by atoms with Crippen molar-refractivity contribution >= 4 is 46.4 Å². The molecule has 0 unspecified atom stereocenters. The zero-order valence-electron chi connectivity index (χ0n) is 11.7. The smallest absolute Gasteiger partial charge is 0.275 e. The van der Waals surface area contributed by atoms with Crippen LogP contribution in [0.2, 0.25) is 15.1 Å². The molecule has 0 aliphatic heterocycles. The Morgan fingerprint density at radius 1 is 1.05 bits per heavy atom. The molecule has 3 nitrogen and oxygen atoms in total. The van der Waals surface area contributed by atoms with Gasteiger partial charge in [-0.25, -0.2) is 4.98 Å². The highest BCUT2D eigenvalue weighted by molar-refractivity contribution is 6.49. The van der Waals surface area contributed by atoms with Crippen LogP contribution in [0, 0.1) is 20.8 Å². The van der Waals surface area contributed by atoms with Gasteiger partial charge in [0.25, 0.3) is 5.91 Å². The SMILES string of the molecule is Cc1cc(C)c(NC(=O)c2ncc(Cl)c(Cl)c2Cl)c(C)c1. The molecule has 21 heavy (non-hydrogen) atoms. The van der Waals surface area contributed by atoms with E-state index in [1.54, 1.807) is 0 Å². The first-order chi connectivity index (χ1) is 9.81. The van der Waals surface area contributed by atoms with Crippen molar-refractivity contribution in [3.05, 3.63) is 55.8 Å². The predicted octanol–water partition coefficient (Wildman–Crippen LogP) is 5.22. The Labute approximate surface area is 138 Å². The monoisotopic (exact) mass is 342 g/mol. The molecule has 0 fully saturated rings. The molecule has 2 aromatic rings. The Balaban J connectivity index is 2.38. The van der Waals surface area contributed by atoms with Crippen molar-refractivity contribution in [1.29, 1.82) is 0 Å². The number of aryl methyl sites for hydroxylation is 3. The van der Waals surface area contributed by atoms with Crippen LogP contribution >= 0.6 is 34.8 Å². The molecule has 0 radical (unpaired) electrons. The number of hydrogen-bond acceptors (Lipinski definition) is 2. The molecule has 0 bridgehead atoms. The molecule has 0 aliphatic carbocycles. The van der Waals surface area contributed by atoms with Crippen LogP contribution in [0.15, 0.2) is 18.3 Å². The fourth-order valence-corrected chi connectivity index (χ4v) is 2.72. The topological polar surface area (TPSA) is 42.0 Å². The third kappa shape index (κ3) is 3.31. The maximum Gasteiger partial charge on any atom is 0.275 e. The number of amides is 1. The van der Waals surface area contributed by atoms with E-state index in [-0.39, 0.29) is 20.8 Å². The van der Waals surface area contributed by atoms with Crippen LogP contribution in [-0.2, 0) is 0 Å². The van der Waals surface area contributed by atoms with Crippen LogP contribution in [0.25, 0.3) is 0 Å². The Kier molecular flexibility index (Phi) is 4.77. The summed E-state index contributed by atoms with van der Waals surface area (Å²) in [6.45, 7) is 5.86. The number of halogens is 3. The van der Waals surface area contributed by atoms with Gasteiger partial charge in [-0.05, 0) is 31.9 Å². The van der Waals surface area contributed by atoms with Crippen molar-refractivity contribution in [1.82, 2.24) is 4.98 Å². The van der Waals surface area contributed by atoms with Gasteiger partial charge < -0.3 is 5.32 Å². The van der Waals surface area contributed by atoms with E-state index in [0.29, 0.717) is 0 Å². The number of aromatic nitrogens is 1. The molecule has 110 valence electrons. The highest BCUT2D eigenvalue weighted by Gasteiger charge is 2.18. The average molecular weight is 344 g/mol. The first kappa shape index (κ1) is 16.1. The second-order valence-electron chi connectivity index (χ2n) is 4.81. The summed E-state index contributed by atoms with van der Waals surface area (Å²) in [6, 6.07) is 3.99. The van der Waals surface area contributed by atoms with E-state index in [9.17, 15) is 4.79 Å². The van der Waals surface area contributed by atoms with E-state index in [2.05, 4.69) is 10.3 Å². The lowest BCUT2D eigenvalue weighted by molar-refractivity contribution is 0.102. The summed E-state index contributed by atoms with van der Waals surface area (Å²) >= 11 is 17.8. The number of pyridine rings is 1. The lowest BCUT2D eigenvalue weighted by Crippen LogP contribution is -2.16. The molecule has 0 aliphatic rings. The Hall–Kier alpha value is -1.29. The van der Waals surface area contributed by atoms with Crippen LogP contribution in [-0.4, -0.2) is 10.9 Å². The molecule has 1 aromatic carbocycles. The van der Waals surface area contributed by atoms with E-state index in [0.717, 1.165) is 22.4 Å². The molecule has 1 N–H and O–H groups in total. The minimum atomic E-state index is -0.423. The van der Waals surface area contributed by atoms with Crippen molar-refractivity contribution in [2.45, 2.75) is 20.8 Å². The summed E-state index contributed by atoms with van der Waals surface area (Å²) in [4.78, 5) is 16.3. The normalized spacial score (nSPS) is 10.6. The van der Waals surface area contributed by atoms with Gasteiger partial charge in [-0.15, -0.1) is 0 Å². The molecule has 1 amide bonds. The maximum absolute atomic E-state index is 12.3. The van der Waals surface area contributed by atoms with Crippen molar-refractivity contribution in [3.8, 4) is 0 Å². The number of nitrogens with one attached hydrogen (secondary N) is 1. The van der Waals surface area contributed by atoms with Gasteiger partial charge in [0.2, 0.25) is 0 Å². The van der Waals surface area contributed by atoms with Crippen LogP contribution < -0.4 is 5.32 Å². The quantitative estimate of drug-likeness (QED) is 0.812. The summed E-state index contributed by atoms with van der Waals surface area (Å²) in [5.41, 5.74) is 3.86. The van der Waals surface area contributed by atoms with Gasteiger partial charge in [0.05, 0.1) is 15.1 Å². The second kappa shape index (κ2) is 6.22. The molecule has 0 saturated carbocycles. The zero-order chi connectivity index (χ0) is 15.7. The summed E-state index contributed by atoms with van der Waals surface area (Å²) in [7, 11) is 0. The summed E-state index contributed by atoms with van der Waals surface area (Å²) in [6.07, 6.45) is 1.31. The Bertz CT molecular complexity index is 706. The minimum Gasteiger partial charge on any atom is -0.320 e. The number of rotatable bonds is 2. The fraction of sp³-hybridized carbons (Fsp3) is 0.200. The summed E-state index contributed by atoms with van der Waals surface area (Å²) in [5, 5.41) is 3.20. The van der Waals surface area contributed by atoms with E-state index >= 15 is 0 Å². The van der Waals surface area contributed by atoms with Gasteiger partial charge in [0, 0.05) is 11.9 Å². The van der Waals surface area contributed by atoms with Crippen LogP contribution in [0.1, 0.15) is 27.2 Å². The number of anilines is 1. The molecule has 0 atom stereocenters. The Morgan fingerprint density at radius 2 is 1.62 bits per heavy atom. The largest absolute Gasteiger partial charge is 0.320 e. The lowest BCUT2D eigenvalue weighted by Gasteiger charge is -2.13. The number of benzene rings is 1. The third-order valence-electron chi connectivity index (χ3n) is 3.05. The van der Waals surface area contributed by atoms with Gasteiger partial charge in [-0.2, -0.15) is 0 Å². The first-order valence-corrected chi connectivity index (χ1v) is 7.33. The van der Waals surface area contributed by atoms with Crippen LogP contribution in [0.4, 0.5) is 5.69 Å². The number of carbonyl (C=O) groups is 1. The van der Waals surface area contributed by atoms with E-state index in [1.807, 2.05) is 32.9 Å². The lowest BCUT2D eigenvalue weighted by atomic mass is 10.0. The molecular formula is C15H13Cl3N2O. The van der Waals surface area contributed by atoms with Gasteiger partial charge >= 0.3 is 0 Å². The molecule has 1 heterocycles. The van der Waals surface area contributed by atoms with Crippen molar-refractivity contribution in [2.24, 2.45) is 0 Å². The third-order valence-corrected chi connectivity index (χ3v) is 4.29. The van der Waals surface area contributed by atoms with Gasteiger partial charge in [-0.1, -0.05) is 52.5 Å². The second-order valence-corrected chi connectivity index (χ2v) is 5.97. The van der Waals surface area contributed by atoms with Gasteiger partial charge in [-0.3, -0.25) is 4.79 Å². The van der Waals surface area contributed by atoms with Crippen molar-refractivity contribution in [3.63, 3.8) is 0 Å². The number of carbonyl (C=O) groups excluding carboxylic acids is 1. The first-order valence-electron chi connectivity index (χ1n) is 6.20. The minimum absolute atomic E-state index is 0.0454. The van der Waals surface area contributed by atoms with Crippen LogP contribution in [0.5, 0.6) is 0 Å². The van der Waals surface area contributed by atoms with Crippen molar-refractivity contribution in [2.75, 3.05) is 5.32 Å². The number of hydrogen-bond donors (Lipinski definition) is 1. The van der Waals surface area contributed by atoms with E-state index in [1.165, 1.54) is 6.20 Å². The summed E-state index contributed by atoms with van der Waals surface area (Å²) in [5.74, 6) is -0.423. The predicted molar refractivity (Wildman–Crippen MR) is 87.9 cm³/mol. The molecule has 2 rings (SSSR count). The molecule has 6 heteroatoms. The number of nitrogens with zero attached hydrogens (tertiary/aromatic N) is 1. The summed E-state index contributed by atoms with van der Waals surface area (Å²) < 4.78 is 0. The highest BCUT2D eigenvalue weighted by Crippen LogP contribution is 2.32.